The molecule has 2 unspecified atom stereocenters. The van der Waals surface area contributed by atoms with Gasteiger partial charge in [0, 0.05) is 12.1 Å². The van der Waals surface area contributed by atoms with Crippen molar-refractivity contribution in [3.63, 3.8) is 0 Å². The molecule has 1 aliphatic rings. The highest BCUT2D eigenvalue weighted by Gasteiger charge is 2.45. The number of hydrogen-bond acceptors (Lipinski definition) is 2. The zero-order chi connectivity index (χ0) is 8.48. The van der Waals surface area contributed by atoms with Crippen molar-refractivity contribution < 1.29 is 0 Å². The van der Waals surface area contributed by atoms with Crippen LogP contribution >= 0.6 is 0 Å². The molecule has 2 atom stereocenters. The fourth-order valence-electron chi connectivity index (χ4n) is 1.29. The lowest BCUT2D eigenvalue weighted by Crippen LogP contribution is -2.30. The third-order valence-corrected chi connectivity index (χ3v) is 2.40. The molecule has 0 saturated heterocycles. The fraction of sp³-hybridized carbons (Fsp3) is 0.889. The topological polar surface area (TPSA) is 35.8 Å². The van der Waals surface area contributed by atoms with E-state index in [1.165, 1.54) is 6.42 Å². The van der Waals surface area contributed by atoms with E-state index in [1.807, 2.05) is 0 Å². The van der Waals surface area contributed by atoms with Crippen LogP contribution in [-0.2, 0) is 0 Å². The van der Waals surface area contributed by atoms with Crippen LogP contribution in [0.2, 0.25) is 0 Å². The lowest BCUT2D eigenvalue weighted by Gasteiger charge is -2.10. The highest BCUT2D eigenvalue weighted by atomic mass is 15.0. The molecule has 0 bridgehead atoms. The van der Waals surface area contributed by atoms with Gasteiger partial charge in [-0.15, -0.1) is 0 Å². The molecule has 0 aromatic heterocycles. The molecule has 11 heavy (non-hydrogen) atoms. The number of rotatable bonds is 3. The molecule has 1 rings (SSSR count). The summed E-state index contributed by atoms with van der Waals surface area (Å²) in [6.07, 6.45) is 1.87. The minimum Gasteiger partial charge on any atom is -0.310 e. The largest absolute Gasteiger partial charge is 0.310 e. The molecular formula is C9H16N2. The molecule has 2 nitrogen and oxygen atoms in total. The zero-order valence-electron chi connectivity index (χ0n) is 7.52. The average Bonchev–Trinajstić information content (AvgIpc) is 2.39. The van der Waals surface area contributed by atoms with Gasteiger partial charge in [-0.2, -0.15) is 5.26 Å². The molecule has 1 saturated carbocycles. The molecule has 1 aliphatic carbocycles. The summed E-state index contributed by atoms with van der Waals surface area (Å²) in [5.74, 6) is 0. The summed E-state index contributed by atoms with van der Waals surface area (Å²) >= 11 is 0. The Labute approximate surface area is 68.6 Å². The number of nitrogens with zero attached hydrogens (tertiary/aromatic N) is 1. The second-order valence-corrected chi connectivity index (χ2v) is 4.18. The van der Waals surface area contributed by atoms with E-state index in [1.54, 1.807) is 0 Å². The molecule has 0 spiro atoms. The second kappa shape index (κ2) is 2.83. The Balaban J connectivity index is 2.19. The summed E-state index contributed by atoms with van der Waals surface area (Å²) in [6, 6.07) is 3.16. The van der Waals surface area contributed by atoms with E-state index in [9.17, 15) is 0 Å². The molecule has 62 valence electrons. The molecule has 1 fully saturated rings. The molecule has 0 heterocycles. The number of hydrogen-bond donors (Lipinski definition) is 1. The lowest BCUT2D eigenvalue weighted by molar-refractivity contribution is 0.484. The lowest BCUT2D eigenvalue weighted by atomic mass is 10.1. The van der Waals surface area contributed by atoms with Gasteiger partial charge < -0.3 is 5.32 Å². The Bertz CT molecular complexity index is 178. The molecule has 0 amide bonds. The third-order valence-electron chi connectivity index (χ3n) is 2.40. The molecule has 1 N–H and O–H groups in total. The first-order valence-electron chi connectivity index (χ1n) is 4.19. The standard InChI is InChI=1S/C9H16N2/c1-7(4-5-10)11-8-6-9(8,2)3/h7-8,11H,4,6H2,1-3H3. The Morgan fingerprint density at radius 2 is 2.27 bits per heavy atom. The van der Waals surface area contributed by atoms with Gasteiger partial charge in [0.25, 0.3) is 0 Å². The van der Waals surface area contributed by atoms with Gasteiger partial charge in [0.15, 0.2) is 0 Å². The van der Waals surface area contributed by atoms with Gasteiger partial charge >= 0.3 is 0 Å². The van der Waals surface area contributed by atoms with Gasteiger partial charge in [0.2, 0.25) is 0 Å². The molecule has 2 heteroatoms. The Hall–Kier alpha value is -0.550. The van der Waals surface area contributed by atoms with Crippen molar-refractivity contribution in [2.75, 3.05) is 0 Å². The van der Waals surface area contributed by atoms with Crippen molar-refractivity contribution >= 4 is 0 Å². The molecule has 0 aliphatic heterocycles. The summed E-state index contributed by atoms with van der Waals surface area (Å²) in [6.45, 7) is 6.57. The maximum absolute atomic E-state index is 8.41. The summed E-state index contributed by atoms with van der Waals surface area (Å²) < 4.78 is 0. The van der Waals surface area contributed by atoms with Crippen LogP contribution in [0.4, 0.5) is 0 Å². The van der Waals surface area contributed by atoms with Gasteiger partial charge in [0.05, 0.1) is 12.5 Å². The Kier molecular flexibility index (Phi) is 2.20. The van der Waals surface area contributed by atoms with Crippen molar-refractivity contribution in [1.29, 1.82) is 5.26 Å². The van der Waals surface area contributed by atoms with E-state index >= 15 is 0 Å². The normalized spacial score (nSPS) is 29.1. The Morgan fingerprint density at radius 1 is 1.73 bits per heavy atom. The van der Waals surface area contributed by atoms with Crippen LogP contribution in [0.3, 0.4) is 0 Å². The molecule has 0 aromatic rings. The zero-order valence-corrected chi connectivity index (χ0v) is 7.52. The predicted molar refractivity (Wildman–Crippen MR) is 45.0 cm³/mol. The fourth-order valence-corrected chi connectivity index (χ4v) is 1.29. The smallest absolute Gasteiger partial charge is 0.0638 e. The summed E-state index contributed by atoms with van der Waals surface area (Å²) in [5.41, 5.74) is 0.476. The van der Waals surface area contributed by atoms with Crippen LogP contribution in [0.15, 0.2) is 0 Å². The van der Waals surface area contributed by atoms with E-state index in [0.29, 0.717) is 23.9 Å². The maximum Gasteiger partial charge on any atom is 0.0638 e. The van der Waals surface area contributed by atoms with Crippen LogP contribution in [-0.4, -0.2) is 12.1 Å². The third kappa shape index (κ3) is 2.20. The van der Waals surface area contributed by atoms with E-state index in [0.717, 1.165) is 0 Å². The average molecular weight is 152 g/mol. The van der Waals surface area contributed by atoms with Gasteiger partial charge in [0.1, 0.15) is 0 Å². The van der Waals surface area contributed by atoms with Gasteiger partial charge in [-0.3, -0.25) is 0 Å². The van der Waals surface area contributed by atoms with Gasteiger partial charge in [-0.1, -0.05) is 13.8 Å². The van der Waals surface area contributed by atoms with E-state index in [2.05, 4.69) is 32.2 Å². The monoisotopic (exact) mass is 152 g/mol. The van der Waals surface area contributed by atoms with E-state index in [-0.39, 0.29) is 0 Å². The van der Waals surface area contributed by atoms with Crippen LogP contribution in [0, 0.1) is 16.7 Å². The predicted octanol–water partition coefficient (Wildman–Crippen LogP) is 1.68. The first-order valence-corrected chi connectivity index (χ1v) is 4.19. The van der Waals surface area contributed by atoms with Crippen LogP contribution in [0.25, 0.3) is 0 Å². The minimum absolute atomic E-state index is 0.353. The number of nitrogens with one attached hydrogen (secondary N) is 1. The van der Waals surface area contributed by atoms with E-state index in [4.69, 9.17) is 5.26 Å². The highest BCUT2D eigenvalue weighted by Crippen LogP contribution is 2.44. The van der Waals surface area contributed by atoms with Crippen molar-refractivity contribution in [2.45, 2.75) is 45.7 Å². The van der Waals surface area contributed by atoms with Crippen LogP contribution in [0.5, 0.6) is 0 Å². The van der Waals surface area contributed by atoms with E-state index < -0.39 is 0 Å². The van der Waals surface area contributed by atoms with Gasteiger partial charge in [-0.05, 0) is 18.8 Å². The maximum atomic E-state index is 8.41. The number of nitriles is 1. The summed E-state index contributed by atoms with van der Waals surface area (Å²) in [4.78, 5) is 0. The molecule has 0 radical (unpaired) electrons. The van der Waals surface area contributed by atoms with Crippen LogP contribution in [0.1, 0.15) is 33.6 Å². The van der Waals surface area contributed by atoms with Gasteiger partial charge in [-0.25, -0.2) is 0 Å². The van der Waals surface area contributed by atoms with Crippen molar-refractivity contribution in [1.82, 2.24) is 5.32 Å². The first kappa shape index (κ1) is 8.55. The van der Waals surface area contributed by atoms with Crippen molar-refractivity contribution in [2.24, 2.45) is 5.41 Å². The SMILES string of the molecule is CC(CC#N)NC1CC1(C)C. The Morgan fingerprint density at radius 3 is 2.64 bits per heavy atom. The summed E-state index contributed by atoms with van der Waals surface area (Å²) in [5, 5.41) is 11.8. The van der Waals surface area contributed by atoms with Crippen molar-refractivity contribution in [3.8, 4) is 6.07 Å². The second-order valence-electron chi connectivity index (χ2n) is 4.18. The quantitative estimate of drug-likeness (QED) is 0.667. The molecular weight excluding hydrogens is 136 g/mol. The van der Waals surface area contributed by atoms with Crippen molar-refractivity contribution in [3.05, 3.63) is 0 Å². The summed E-state index contributed by atoms with van der Waals surface area (Å²) in [7, 11) is 0. The highest BCUT2D eigenvalue weighted by molar-refractivity contribution is 5.02. The molecule has 0 aromatic carbocycles. The first-order chi connectivity index (χ1) is 5.06. The minimum atomic E-state index is 0.353. The van der Waals surface area contributed by atoms with Crippen LogP contribution < -0.4 is 5.32 Å².